The zero-order chi connectivity index (χ0) is 18.1. The molecule has 0 N–H and O–H groups in total. The fourth-order valence-electron chi connectivity index (χ4n) is 3.92. The first kappa shape index (κ1) is 17.3. The average Bonchev–Trinajstić information content (AvgIpc) is 3.11. The van der Waals surface area contributed by atoms with E-state index >= 15 is 0 Å². The van der Waals surface area contributed by atoms with Gasteiger partial charge < -0.3 is 9.64 Å². The lowest BCUT2D eigenvalue weighted by Gasteiger charge is -2.36. The average molecular weight is 368 g/mol. The summed E-state index contributed by atoms with van der Waals surface area (Å²) in [7, 11) is 1.70. The molecule has 1 saturated heterocycles. The summed E-state index contributed by atoms with van der Waals surface area (Å²) >= 11 is 1.71. The van der Waals surface area contributed by atoms with Gasteiger partial charge in [0.2, 0.25) is 0 Å². The molecule has 0 bridgehead atoms. The van der Waals surface area contributed by atoms with Crippen molar-refractivity contribution in [3.63, 3.8) is 0 Å². The summed E-state index contributed by atoms with van der Waals surface area (Å²) in [6, 6.07) is 8.85. The second kappa shape index (κ2) is 7.23. The van der Waals surface area contributed by atoms with Crippen LogP contribution in [0.4, 0.5) is 5.82 Å². The van der Waals surface area contributed by atoms with E-state index in [1.54, 1.807) is 18.4 Å². The lowest BCUT2D eigenvalue weighted by Crippen LogP contribution is -2.39. The van der Waals surface area contributed by atoms with Crippen molar-refractivity contribution >= 4 is 27.4 Å². The highest BCUT2D eigenvalue weighted by Gasteiger charge is 2.26. The lowest BCUT2D eigenvalue weighted by atomic mass is 9.98. The van der Waals surface area contributed by atoms with E-state index in [1.807, 2.05) is 19.1 Å². The van der Waals surface area contributed by atoms with Crippen LogP contribution in [0.2, 0.25) is 0 Å². The molecule has 0 aliphatic carbocycles. The van der Waals surface area contributed by atoms with Gasteiger partial charge >= 0.3 is 0 Å². The second-order valence-corrected chi connectivity index (χ2v) is 7.76. The maximum absolute atomic E-state index is 5.31. The maximum Gasteiger partial charge on any atom is 0.141 e. The zero-order valence-electron chi connectivity index (χ0n) is 15.7. The van der Waals surface area contributed by atoms with E-state index in [0.29, 0.717) is 6.04 Å². The van der Waals surface area contributed by atoms with Crippen molar-refractivity contribution in [2.45, 2.75) is 45.6 Å². The SMILES string of the molecule is CCC1CCCCN1c1nc(C)nc2scc(-c3ccc(OC)cc3)c12. The van der Waals surface area contributed by atoms with Gasteiger partial charge in [-0.05, 0) is 50.3 Å². The smallest absolute Gasteiger partial charge is 0.141 e. The lowest BCUT2D eigenvalue weighted by molar-refractivity contribution is 0.415. The van der Waals surface area contributed by atoms with Crippen LogP contribution in [0.3, 0.4) is 0 Å². The number of hydrogen-bond acceptors (Lipinski definition) is 5. The van der Waals surface area contributed by atoms with Gasteiger partial charge in [-0.3, -0.25) is 0 Å². The largest absolute Gasteiger partial charge is 0.497 e. The minimum Gasteiger partial charge on any atom is -0.497 e. The van der Waals surface area contributed by atoms with Crippen molar-refractivity contribution in [1.29, 1.82) is 0 Å². The molecule has 0 spiro atoms. The third kappa shape index (κ3) is 3.05. The molecule has 4 nitrogen and oxygen atoms in total. The van der Waals surface area contributed by atoms with Gasteiger partial charge in [-0.15, -0.1) is 11.3 Å². The first-order chi connectivity index (χ1) is 12.7. The van der Waals surface area contributed by atoms with E-state index in [0.717, 1.165) is 35.2 Å². The Bertz CT molecular complexity index is 904. The Labute approximate surface area is 158 Å². The van der Waals surface area contributed by atoms with Gasteiger partial charge in [-0.25, -0.2) is 9.97 Å². The van der Waals surface area contributed by atoms with E-state index in [-0.39, 0.29) is 0 Å². The van der Waals surface area contributed by atoms with Crippen LogP contribution >= 0.6 is 11.3 Å². The molecular weight excluding hydrogens is 342 g/mol. The Morgan fingerprint density at radius 2 is 2.00 bits per heavy atom. The van der Waals surface area contributed by atoms with E-state index in [9.17, 15) is 0 Å². The summed E-state index contributed by atoms with van der Waals surface area (Å²) < 4.78 is 5.31. The molecule has 1 unspecified atom stereocenters. The van der Waals surface area contributed by atoms with Gasteiger partial charge in [0, 0.05) is 23.5 Å². The fraction of sp³-hybridized carbons (Fsp3) is 0.429. The molecule has 1 aromatic carbocycles. The number of anilines is 1. The first-order valence-electron chi connectivity index (χ1n) is 9.38. The highest BCUT2D eigenvalue weighted by atomic mass is 32.1. The molecule has 3 heterocycles. The number of fused-ring (bicyclic) bond motifs is 1. The molecule has 4 rings (SSSR count). The number of nitrogens with zero attached hydrogens (tertiary/aromatic N) is 3. The zero-order valence-corrected chi connectivity index (χ0v) is 16.5. The molecular formula is C21H25N3OS. The summed E-state index contributed by atoms with van der Waals surface area (Å²) in [4.78, 5) is 13.2. The molecule has 1 aliphatic heterocycles. The standard InChI is InChI=1S/C21H25N3OS/c1-4-16-7-5-6-12-24(16)20-19-18(13-26-21(19)23-14(2)22-20)15-8-10-17(25-3)11-9-15/h8-11,13,16H,4-7,12H2,1-3H3. The van der Waals surface area contributed by atoms with Crippen LogP contribution in [0.1, 0.15) is 38.4 Å². The van der Waals surface area contributed by atoms with E-state index in [2.05, 4.69) is 29.3 Å². The maximum atomic E-state index is 5.31. The normalized spacial score (nSPS) is 17.7. The van der Waals surface area contributed by atoms with Crippen LogP contribution < -0.4 is 9.64 Å². The summed E-state index contributed by atoms with van der Waals surface area (Å²) in [6.07, 6.45) is 4.97. The quantitative estimate of drug-likeness (QED) is 0.615. The number of piperidine rings is 1. The number of aryl methyl sites for hydroxylation is 1. The second-order valence-electron chi connectivity index (χ2n) is 6.90. The van der Waals surface area contributed by atoms with Crippen molar-refractivity contribution in [2.24, 2.45) is 0 Å². The van der Waals surface area contributed by atoms with Gasteiger partial charge in [0.05, 0.1) is 12.5 Å². The molecule has 26 heavy (non-hydrogen) atoms. The molecule has 5 heteroatoms. The highest BCUT2D eigenvalue weighted by Crippen LogP contribution is 2.40. The third-order valence-corrected chi connectivity index (χ3v) is 6.17. The van der Waals surface area contributed by atoms with Crippen LogP contribution in [0.15, 0.2) is 29.6 Å². The molecule has 0 saturated carbocycles. The predicted octanol–water partition coefficient (Wildman–Crippen LogP) is 5.44. The molecule has 1 aliphatic rings. The van der Waals surface area contributed by atoms with Crippen molar-refractivity contribution in [3.8, 4) is 16.9 Å². The van der Waals surface area contributed by atoms with Crippen LogP contribution in [-0.2, 0) is 0 Å². The Kier molecular flexibility index (Phi) is 4.81. The number of aromatic nitrogens is 2. The Morgan fingerprint density at radius 1 is 1.19 bits per heavy atom. The number of rotatable bonds is 4. The van der Waals surface area contributed by atoms with Gasteiger partial charge in [-0.2, -0.15) is 0 Å². The Morgan fingerprint density at radius 3 is 2.73 bits per heavy atom. The van der Waals surface area contributed by atoms with Gasteiger partial charge in [0.15, 0.2) is 0 Å². The van der Waals surface area contributed by atoms with Gasteiger partial charge in [-0.1, -0.05) is 19.1 Å². The number of methoxy groups -OCH3 is 1. The molecule has 1 atom stereocenters. The predicted molar refractivity (Wildman–Crippen MR) is 109 cm³/mol. The first-order valence-corrected chi connectivity index (χ1v) is 10.3. The minimum absolute atomic E-state index is 0.574. The van der Waals surface area contributed by atoms with Crippen molar-refractivity contribution in [2.75, 3.05) is 18.6 Å². The van der Waals surface area contributed by atoms with E-state index in [1.165, 1.54) is 35.8 Å². The minimum atomic E-state index is 0.574. The van der Waals surface area contributed by atoms with Crippen LogP contribution in [0.25, 0.3) is 21.3 Å². The van der Waals surface area contributed by atoms with E-state index in [4.69, 9.17) is 14.7 Å². The molecule has 1 fully saturated rings. The fourth-order valence-corrected chi connectivity index (χ4v) is 4.91. The van der Waals surface area contributed by atoms with Crippen molar-refractivity contribution in [3.05, 3.63) is 35.5 Å². The number of thiophene rings is 1. The van der Waals surface area contributed by atoms with Gasteiger partial charge in [0.1, 0.15) is 22.2 Å². The number of ether oxygens (including phenoxy) is 1. The third-order valence-electron chi connectivity index (χ3n) is 5.30. The Balaban J connectivity index is 1.87. The molecule has 0 radical (unpaired) electrons. The topological polar surface area (TPSA) is 38.2 Å². The van der Waals surface area contributed by atoms with Crippen LogP contribution in [-0.4, -0.2) is 29.7 Å². The highest BCUT2D eigenvalue weighted by molar-refractivity contribution is 7.17. The van der Waals surface area contributed by atoms with Crippen LogP contribution in [0, 0.1) is 6.92 Å². The summed E-state index contributed by atoms with van der Waals surface area (Å²) in [5.41, 5.74) is 2.42. The van der Waals surface area contributed by atoms with Crippen LogP contribution in [0.5, 0.6) is 5.75 Å². The monoisotopic (exact) mass is 367 g/mol. The van der Waals surface area contributed by atoms with Crippen molar-refractivity contribution in [1.82, 2.24) is 9.97 Å². The molecule has 3 aromatic rings. The summed E-state index contributed by atoms with van der Waals surface area (Å²) in [6.45, 7) is 5.37. The summed E-state index contributed by atoms with van der Waals surface area (Å²) in [5.74, 6) is 2.85. The van der Waals surface area contributed by atoms with E-state index < -0.39 is 0 Å². The number of hydrogen-bond donors (Lipinski definition) is 0. The van der Waals surface area contributed by atoms with Gasteiger partial charge in [0.25, 0.3) is 0 Å². The number of benzene rings is 1. The summed E-state index contributed by atoms with van der Waals surface area (Å²) in [5, 5.41) is 3.42. The molecule has 0 amide bonds. The van der Waals surface area contributed by atoms with Crippen molar-refractivity contribution < 1.29 is 4.74 Å². The molecule has 2 aromatic heterocycles. The molecule has 136 valence electrons. The Hall–Kier alpha value is -2.14.